The molecule has 0 aromatic heterocycles. The summed E-state index contributed by atoms with van der Waals surface area (Å²) in [5.41, 5.74) is 3.73. The van der Waals surface area contributed by atoms with E-state index in [1.54, 1.807) is 30.4 Å². The van der Waals surface area contributed by atoms with Crippen LogP contribution in [0, 0.1) is 0 Å². The number of benzene rings is 3. The summed E-state index contributed by atoms with van der Waals surface area (Å²) in [7, 11) is -1.71. The van der Waals surface area contributed by atoms with Gasteiger partial charge in [-0.3, -0.25) is 4.79 Å². The van der Waals surface area contributed by atoms with Crippen LogP contribution in [-0.4, -0.2) is 24.3 Å². The number of phenols is 2. The summed E-state index contributed by atoms with van der Waals surface area (Å²) < 4.78 is 6.30. The molecule has 0 amide bonds. The zero-order valence-corrected chi connectivity index (χ0v) is 34.2. The minimum absolute atomic E-state index is 0. The minimum Gasteiger partial charge on any atom is -1.00 e. The molecule has 9 heteroatoms. The molecule has 0 unspecified atom stereocenters. The maximum absolute atomic E-state index is 10.6. The van der Waals surface area contributed by atoms with Gasteiger partial charge in [0, 0.05) is 27.4 Å². The van der Waals surface area contributed by atoms with Gasteiger partial charge in [0.05, 0.1) is 0 Å². The summed E-state index contributed by atoms with van der Waals surface area (Å²) in [4.78, 5) is 10.6. The maximum atomic E-state index is 10.6. The van der Waals surface area contributed by atoms with Gasteiger partial charge in [-0.2, -0.15) is 0 Å². The molecular formula is C35H44Br2FKO4Si. The number of phenolic OH excluding ortho intramolecular Hbond substituents is 2. The molecule has 0 spiro atoms. The predicted molar refractivity (Wildman–Crippen MR) is 188 cm³/mol. The van der Waals surface area contributed by atoms with E-state index in [1.165, 1.54) is 11.6 Å². The van der Waals surface area contributed by atoms with Gasteiger partial charge in [-0.05, 0) is 54.4 Å². The second-order valence-corrected chi connectivity index (χ2v) is 16.8. The molecule has 0 fully saturated rings. The van der Waals surface area contributed by atoms with E-state index in [1.807, 2.05) is 49.4 Å². The van der Waals surface area contributed by atoms with Crippen molar-refractivity contribution in [1.29, 1.82) is 0 Å². The van der Waals surface area contributed by atoms with Gasteiger partial charge in [-0.1, -0.05) is 139 Å². The van der Waals surface area contributed by atoms with Crippen molar-refractivity contribution >= 4 is 46.0 Å². The quantitative estimate of drug-likeness (QED) is 0.229. The van der Waals surface area contributed by atoms with Crippen LogP contribution in [0.2, 0.25) is 18.1 Å². The molecule has 0 saturated heterocycles. The van der Waals surface area contributed by atoms with Crippen molar-refractivity contribution in [2.24, 2.45) is 0 Å². The summed E-state index contributed by atoms with van der Waals surface area (Å²) in [5, 5.41) is 20.0. The molecule has 2 N–H and O–H groups in total. The van der Waals surface area contributed by atoms with E-state index in [-0.39, 0.29) is 66.9 Å². The van der Waals surface area contributed by atoms with Gasteiger partial charge in [0.2, 0.25) is 8.32 Å². The van der Waals surface area contributed by atoms with Crippen molar-refractivity contribution in [2.75, 3.05) is 0 Å². The Morgan fingerprint density at radius 3 is 1.55 bits per heavy atom. The monoisotopic (exact) mass is 772 g/mol. The summed E-state index contributed by atoms with van der Waals surface area (Å²) >= 11 is 6.75. The number of hydrogen-bond acceptors (Lipinski definition) is 4. The van der Waals surface area contributed by atoms with E-state index in [4.69, 9.17) is 14.6 Å². The first-order valence-electron chi connectivity index (χ1n) is 13.8. The van der Waals surface area contributed by atoms with E-state index in [9.17, 15) is 4.79 Å². The average Bonchev–Trinajstić information content (AvgIpc) is 2.96. The second-order valence-electron chi connectivity index (χ2n) is 11.0. The number of hydrogen-bond donors (Lipinski definition) is 2. The number of alkyl halides is 2. The molecule has 1 aliphatic carbocycles. The third-order valence-electron chi connectivity index (χ3n) is 6.77. The molecule has 4 nitrogen and oxygen atoms in total. The molecule has 0 aliphatic heterocycles. The van der Waals surface area contributed by atoms with Crippen molar-refractivity contribution in [3.63, 3.8) is 0 Å². The summed E-state index contributed by atoms with van der Waals surface area (Å²) in [6, 6.07) is 22.9. The van der Waals surface area contributed by atoms with Crippen LogP contribution < -0.4 is 60.5 Å². The molecule has 234 valence electrons. The third kappa shape index (κ3) is 16.3. The molecule has 0 atom stereocenters. The van der Waals surface area contributed by atoms with Crippen molar-refractivity contribution in [1.82, 2.24) is 0 Å². The Balaban J connectivity index is 0. The van der Waals surface area contributed by atoms with Crippen LogP contribution in [0.25, 0.3) is 0 Å². The van der Waals surface area contributed by atoms with Crippen LogP contribution in [0.15, 0.2) is 109 Å². The van der Waals surface area contributed by atoms with E-state index in [0.29, 0.717) is 22.4 Å². The fourth-order valence-electron chi connectivity index (χ4n) is 3.08. The Hall–Kier alpha value is -1.31. The van der Waals surface area contributed by atoms with Crippen LogP contribution in [-0.2, 0) is 21.9 Å². The fourth-order valence-corrected chi connectivity index (χ4v) is 5.07. The zero-order chi connectivity index (χ0) is 31.8. The van der Waals surface area contributed by atoms with Crippen molar-refractivity contribution in [2.45, 2.75) is 62.9 Å². The first-order valence-corrected chi connectivity index (χ1v) is 18.9. The van der Waals surface area contributed by atoms with Gasteiger partial charge in [0.15, 0.2) is 5.78 Å². The topological polar surface area (TPSA) is 66.8 Å². The van der Waals surface area contributed by atoms with Crippen LogP contribution in [0.5, 0.6) is 17.2 Å². The number of halogens is 3. The van der Waals surface area contributed by atoms with Crippen molar-refractivity contribution in [3.8, 4) is 17.2 Å². The van der Waals surface area contributed by atoms with Gasteiger partial charge < -0.3 is 19.3 Å². The average molecular weight is 775 g/mol. The van der Waals surface area contributed by atoms with Crippen LogP contribution in [0.1, 0.15) is 44.4 Å². The Bertz CT molecular complexity index is 1290. The Morgan fingerprint density at radius 2 is 1.20 bits per heavy atom. The van der Waals surface area contributed by atoms with Crippen LogP contribution >= 0.6 is 31.9 Å². The number of ketones is 1. The van der Waals surface area contributed by atoms with E-state index < -0.39 is 8.32 Å². The van der Waals surface area contributed by atoms with E-state index in [0.717, 1.165) is 28.6 Å². The van der Waals surface area contributed by atoms with Crippen LogP contribution in [0.4, 0.5) is 0 Å². The number of carbonyl (C=O) groups excluding carboxylic acids is 1. The Labute approximate surface area is 323 Å². The first-order chi connectivity index (χ1) is 19.8. The van der Waals surface area contributed by atoms with Gasteiger partial charge in [0.1, 0.15) is 17.2 Å². The molecular weight excluding hydrogens is 730 g/mol. The standard InChI is InChI=1S/C13H21BrOSi.C8H10O.C7H7BrO.C7H6O.FH.K/c1-13(2,3)16(4,5)15-12-9-7-6-8-11(12)10-14;1-2-7-5-3-4-6-8(7)9;8-5-6-3-1-2-4-7(6)9;1-6-4-2-3-5-7(6)8;;/h6-9H,10H2,1-5H3;3-6,9H,2H2,1H3;1-4,9H,5H2;2-5H,1H2;1H;/q;;;;;+1/p-1. The molecule has 3 aromatic rings. The number of rotatable bonds is 5. The van der Waals surface area contributed by atoms with Gasteiger partial charge >= 0.3 is 51.4 Å². The Kier molecular flexibility index (Phi) is 23.5. The van der Waals surface area contributed by atoms with E-state index >= 15 is 0 Å². The van der Waals surface area contributed by atoms with Crippen molar-refractivity contribution < 1.29 is 75.5 Å². The van der Waals surface area contributed by atoms with E-state index in [2.05, 4.69) is 90.5 Å². The van der Waals surface area contributed by atoms with Crippen molar-refractivity contribution in [3.05, 3.63) is 126 Å². The van der Waals surface area contributed by atoms with Gasteiger partial charge in [-0.25, -0.2) is 0 Å². The predicted octanol–water partition coefficient (Wildman–Crippen LogP) is 4.45. The summed E-state index contributed by atoms with van der Waals surface area (Å²) in [5.74, 6) is 1.80. The zero-order valence-electron chi connectivity index (χ0n) is 26.9. The number of carbonyl (C=O) groups is 1. The molecule has 0 radical (unpaired) electrons. The van der Waals surface area contributed by atoms with Gasteiger partial charge in [-0.15, -0.1) is 0 Å². The van der Waals surface area contributed by atoms with Crippen LogP contribution in [0.3, 0.4) is 0 Å². The molecule has 0 bridgehead atoms. The normalized spacial score (nSPS) is 11.6. The largest absolute Gasteiger partial charge is 1.00 e. The molecule has 4 rings (SSSR count). The molecule has 0 heterocycles. The number of para-hydroxylation sites is 3. The Morgan fingerprint density at radius 1 is 0.773 bits per heavy atom. The fraction of sp³-hybridized carbons (Fsp3) is 0.286. The third-order valence-corrected chi connectivity index (χ3v) is 12.3. The molecule has 44 heavy (non-hydrogen) atoms. The van der Waals surface area contributed by atoms with Gasteiger partial charge in [0.25, 0.3) is 0 Å². The number of allylic oxidation sites excluding steroid dienone is 5. The smallest absolute Gasteiger partial charge is 1.00 e. The number of aryl methyl sites for hydroxylation is 1. The summed E-state index contributed by atoms with van der Waals surface area (Å²) in [6.07, 6.45) is 7.60. The second kappa shape index (κ2) is 23.1. The SMILES string of the molecule is C=C1C=CC=CC1=O.CC(C)(C)[Si](C)(C)Oc1ccccc1CBr.CCc1ccccc1O.Oc1ccccc1CBr.[F-].[K+]. The maximum Gasteiger partial charge on any atom is 1.00 e. The molecule has 0 saturated carbocycles. The number of aromatic hydroxyl groups is 2. The summed E-state index contributed by atoms with van der Waals surface area (Å²) in [6.45, 7) is 16.9. The first kappa shape index (κ1) is 44.8. The molecule has 3 aromatic carbocycles. The minimum atomic E-state index is -1.71. The molecule has 1 aliphatic rings.